The number of rotatable bonds is 9. The van der Waals surface area contributed by atoms with Gasteiger partial charge in [0.1, 0.15) is 30.2 Å². The van der Waals surface area contributed by atoms with Crippen molar-refractivity contribution in [1.82, 2.24) is 10.2 Å². The van der Waals surface area contributed by atoms with Crippen LogP contribution in [0.3, 0.4) is 0 Å². The normalized spacial score (nSPS) is 21.5. The van der Waals surface area contributed by atoms with Crippen LogP contribution in [0.15, 0.2) is 48.5 Å². The minimum atomic E-state index is -0.632. The Morgan fingerprint density at radius 1 is 1.00 bits per heavy atom. The van der Waals surface area contributed by atoms with Gasteiger partial charge in [-0.25, -0.2) is 9.59 Å². The fourth-order valence-electron chi connectivity index (χ4n) is 5.60. The van der Waals surface area contributed by atoms with Gasteiger partial charge in [0.15, 0.2) is 0 Å². The van der Waals surface area contributed by atoms with Gasteiger partial charge in [-0.05, 0) is 94.7 Å². The van der Waals surface area contributed by atoms with Crippen molar-refractivity contribution in [3.63, 3.8) is 0 Å². The summed E-state index contributed by atoms with van der Waals surface area (Å²) in [4.78, 5) is 51.4. The highest BCUT2D eigenvalue weighted by Gasteiger charge is 2.36. The van der Waals surface area contributed by atoms with Crippen molar-refractivity contribution in [2.45, 2.75) is 89.6 Å². The maximum absolute atomic E-state index is 13.0. The van der Waals surface area contributed by atoms with Crippen LogP contribution in [0.2, 0.25) is 0 Å². The van der Waals surface area contributed by atoms with Crippen molar-refractivity contribution in [3.8, 4) is 5.75 Å². The average Bonchev–Trinajstić information content (AvgIpc) is 3.74. The van der Waals surface area contributed by atoms with Gasteiger partial charge < -0.3 is 29.2 Å². The first-order chi connectivity index (χ1) is 20.9. The Kier molecular flexibility index (Phi) is 9.46. The number of carbonyl (C=O) groups is 4. The number of benzene rings is 2. The molecule has 0 unspecified atom stereocenters. The maximum Gasteiger partial charge on any atom is 0.408 e. The molecule has 2 aromatic rings. The van der Waals surface area contributed by atoms with E-state index in [9.17, 15) is 19.2 Å². The Hall–Kier alpha value is -4.08. The number of alkyl carbamates (subject to hydrolysis) is 1. The summed E-state index contributed by atoms with van der Waals surface area (Å²) >= 11 is 0. The topological polar surface area (TPSA) is 120 Å². The summed E-state index contributed by atoms with van der Waals surface area (Å²) < 4.78 is 22.5. The molecule has 5 rings (SSSR count). The van der Waals surface area contributed by atoms with E-state index in [1.54, 1.807) is 29.2 Å². The fourth-order valence-corrected chi connectivity index (χ4v) is 5.60. The van der Waals surface area contributed by atoms with Crippen LogP contribution in [0.5, 0.6) is 5.75 Å². The van der Waals surface area contributed by atoms with E-state index in [1.165, 1.54) is 18.4 Å². The third-order valence-corrected chi connectivity index (χ3v) is 8.04. The summed E-state index contributed by atoms with van der Waals surface area (Å²) in [5.74, 6) is -0.294. The van der Waals surface area contributed by atoms with E-state index in [1.807, 2.05) is 39.8 Å². The molecule has 1 N–H and O–H groups in total. The van der Waals surface area contributed by atoms with E-state index in [0.717, 1.165) is 5.56 Å². The van der Waals surface area contributed by atoms with Gasteiger partial charge in [-0.15, -0.1) is 0 Å². The number of piperidine rings is 1. The van der Waals surface area contributed by atoms with E-state index in [0.29, 0.717) is 43.2 Å². The number of amides is 2. The Labute approximate surface area is 258 Å². The van der Waals surface area contributed by atoms with Crippen molar-refractivity contribution >= 4 is 23.9 Å². The molecule has 3 aliphatic rings. The van der Waals surface area contributed by atoms with Gasteiger partial charge in [0, 0.05) is 6.54 Å². The summed E-state index contributed by atoms with van der Waals surface area (Å²) in [5, 5.41) is 2.90. The largest absolute Gasteiger partial charge is 0.484 e. The number of esters is 2. The van der Waals surface area contributed by atoms with Crippen LogP contribution in [-0.2, 0) is 23.8 Å². The number of hydrogen-bond donors (Lipinski definition) is 1. The highest BCUT2D eigenvalue weighted by Crippen LogP contribution is 2.40. The minimum absolute atomic E-state index is 0.0939. The molecule has 0 radical (unpaired) electrons. The molecule has 0 spiro atoms. The van der Waals surface area contributed by atoms with Crippen LogP contribution in [0, 0.1) is 5.92 Å². The lowest BCUT2D eigenvalue weighted by molar-refractivity contribution is -0.139. The molecule has 2 aromatic carbocycles. The number of likely N-dealkylation sites (tertiary alicyclic amines) is 1. The summed E-state index contributed by atoms with van der Waals surface area (Å²) in [5.41, 5.74) is 1.94. The summed E-state index contributed by atoms with van der Waals surface area (Å²) in [6.45, 7) is 8.27. The van der Waals surface area contributed by atoms with Crippen LogP contribution in [0.1, 0.15) is 93.3 Å². The summed E-state index contributed by atoms with van der Waals surface area (Å²) in [6.07, 6.45) is 2.39. The van der Waals surface area contributed by atoms with Crippen LogP contribution >= 0.6 is 0 Å². The van der Waals surface area contributed by atoms with E-state index in [4.69, 9.17) is 18.9 Å². The van der Waals surface area contributed by atoms with E-state index in [-0.39, 0.29) is 24.9 Å². The predicted octanol–water partition coefficient (Wildman–Crippen LogP) is 5.31. The second-order valence-electron chi connectivity index (χ2n) is 13.0. The molecule has 236 valence electrons. The first kappa shape index (κ1) is 31.3. The summed E-state index contributed by atoms with van der Waals surface area (Å²) in [7, 11) is 0. The Morgan fingerprint density at radius 2 is 1.70 bits per heavy atom. The first-order valence-corrected chi connectivity index (χ1v) is 15.5. The number of ether oxygens (including phenoxy) is 4. The quantitative estimate of drug-likeness (QED) is 0.301. The molecular weight excluding hydrogens is 564 g/mol. The van der Waals surface area contributed by atoms with E-state index >= 15 is 0 Å². The Bertz CT molecular complexity index is 1350. The average molecular weight is 607 g/mol. The molecule has 1 saturated carbocycles. The van der Waals surface area contributed by atoms with E-state index < -0.39 is 41.8 Å². The molecule has 2 heterocycles. The second-order valence-corrected chi connectivity index (χ2v) is 13.0. The lowest BCUT2D eigenvalue weighted by Crippen LogP contribution is -2.46. The zero-order valence-electron chi connectivity index (χ0n) is 25.9. The lowest BCUT2D eigenvalue weighted by atomic mass is 10.00. The number of carbonyl (C=O) groups excluding carboxylic acids is 4. The molecule has 3 fully saturated rings. The monoisotopic (exact) mass is 606 g/mol. The predicted molar refractivity (Wildman–Crippen MR) is 161 cm³/mol. The fraction of sp³-hybridized carbons (Fsp3) is 0.529. The van der Waals surface area contributed by atoms with Gasteiger partial charge in [-0.3, -0.25) is 9.59 Å². The number of nitrogens with zero attached hydrogens (tertiary/aromatic N) is 1. The third-order valence-electron chi connectivity index (χ3n) is 8.04. The Morgan fingerprint density at radius 3 is 2.32 bits per heavy atom. The van der Waals surface area contributed by atoms with E-state index in [2.05, 4.69) is 17.4 Å². The highest BCUT2D eigenvalue weighted by atomic mass is 16.6. The molecule has 2 aliphatic heterocycles. The van der Waals surface area contributed by atoms with Crippen LogP contribution in [-0.4, -0.2) is 66.3 Å². The second kappa shape index (κ2) is 13.3. The Balaban J connectivity index is 1.21. The zero-order valence-corrected chi connectivity index (χ0v) is 25.9. The zero-order chi connectivity index (χ0) is 31.4. The summed E-state index contributed by atoms with van der Waals surface area (Å²) in [6, 6.07) is 14.6. The molecule has 0 bridgehead atoms. The van der Waals surface area contributed by atoms with Gasteiger partial charge in [-0.2, -0.15) is 0 Å². The molecule has 1 aliphatic carbocycles. The van der Waals surface area contributed by atoms with Crippen LogP contribution in [0.25, 0.3) is 0 Å². The number of hydrogen-bond acceptors (Lipinski definition) is 8. The standard InChI is InChI=1S/C34H42N2O8/c1-21(35-33(40)44-34(2,3)4)30(24-11-9-23(10-12-24)22-7-8-22)42-27-15-13-25(14-16-27)32(39)43-28-6-5-17-36(19-28)31(38)26-18-29(37)41-20-26/h9-16,21-22,26,28,30H,5-8,17-20H2,1-4H3,(H,35,40)/t21-,26+,28-,30-/m0/s1. The van der Waals surface area contributed by atoms with Gasteiger partial charge in [0.05, 0.1) is 30.5 Å². The van der Waals surface area contributed by atoms with Crippen LogP contribution < -0.4 is 10.1 Å². The van der Waals surface area contributed by atoms with Gasteiger partial charge in [-0.1, -0.05) is 24.3 Å². The molecular formula is C34H42N2O8. The van der Waals surface area contributed by atoms with Crippen molar-refractivity contribution in [1.29, 1.82) is 0 Å². The van der Waals surface area contributed by atoms with Crippen molar-refractivity contribution in [2.75, 3.05) is 19.7 Å². The van der Waals surface area contributed by atoms with Crippen molar-refractivity contribution in [3.05, 3.63) is 65.2 Å². The molecule has 0 aromatic heterocycles. The van der Waals surface area contributed by atoms with Crippen molar-refractivity contribution < 1.29 is 38.1 Å². The van der Waals surface area contributed by atoms with Gasteiger partial charge >= 0.3 is 18.0 Å². The highest BCUT2D eigenvalue weighted by molar-refractivity contribution is 5.90. The molecule has 10 heteroatoms. The molecule has 2 amide bonds. The molecule has 44 heavy (non-hydrogen) atoms. The third kappa shape index (κ3) is 8.30. The molecule has 2 saturated heterocycles. The SMILES string of the molecule is C[C@H](NC(=O)OC(C)(C)C)[C@H](Oc1ccc(C(=O)O[C@H]2CCCN(C(=O)[C@H]3COC(=O)C3)C2)cc1)c1ccc(C2CC2)cc1. The smallest absolute Gasteiger partial charge is 0.408 e. The van der Waals surface area contributed by atoms with Gasteiger partial charge in [0.2, 0.25) is 5.91 Å². The first-order valence-electron chi connectivity index (χ1n) is 15.5. The molecule has 10 nitrogen and oxygen atoms in total. The van der Waals surface area contributed by atoms with Crippen molar-refractivity contribution in [2.24, 2.45) is 5.92 Å². The van der Waals surface area contributed by atoms with Crippen LogP contribution in [0.4, 0.5) is 4.79 Å². The number of cyclic esters (lactones) is 1. The van der Waals surface area contributed by atoms with Gasteiger partial charge in [0.25, 0.3) is 0 Å². The lowest BCUT2D eigenvalue weighted by Gasteiger charge is -2.33. The molecule has 4 atom stereocenters. The minimum Gasteiger partial charge on any atom is -0.484 e. The maximum atomic E-state index is 13.0. The number of nitrogens with one attached hydrogen (secondary N) is 1.